The quantitative estimate of drug-likeness (QED) is 0.812. The molecule has 23 heavy (non-hydrogen) atoms. The molecule has 0 unspecified atom stereocenters. The Hall–Kier alpha value is -2.96. The van der Waals surface area contributed by atoms with Gasteiger partial charge in [-0.2, -0.15) is 0 Å². The Morgan fingerprint density at radius 2 is 1.91 bits per heavy atom. The van der Waals surface area contributed by atoms with Gasteiger partial charge in [0.15, 0.2) is 17.3 Å². The van der Waals surface area contributed by atoms with Gasteiger partial charge in [0.25, 0.3) is 5.91 Å². The Bertz CT molecular complexity index is 706. The van der Waals surface area contributed by atoms with E-state index < -0.39 is 11.9 Å². The molecule has 2 N–H and O–H groups in total. The molecule has 7 nitrogen and oxygen atoms in total. The van der Waals surface area contributed by atoms with E-state index in [-0.39, 0.29) is 18.1 Å². The van der Waals surface area contributed by atoms with Crippen LogP contribution in [0, 0.1) is 0 Å². The number of amides is 1. The highest BCUT2D eigenvalue weighted by Crippen LogP contribution is 2.28. The first-order chi connectivity index (χ1) is 11.0. The Morgan fingerprint density at radius 1 is 1.17 bits per heavy atom. The first-order valence-corrected chi connectivity index (χ1v) is 6.96. The monoisotopic (exact) mass is 319 g/mol. The molecular formula is C16H17NO6. The number of carbonyl (C=O) groups is 2. The first kappa shape index (κ1) is 16.4. The molecule has 0 spiro atoms. The molecule has 122 valence electrons. The standard InChI is InChI=1S/C16H17NO6/c1-3-22-11-5-4-10(8-14(11)21-2)9-17-15(18)12-6-7-13(23-12)16(19)20/h4-8H,3,9H2,1-2H3,(H,17,18)(H,19,20). The highest BCUT2D eigenvalue weighted by atomic mass is 16.5. The number of benzene rings is 1. The van der Waals surface area contributed by atoms with E-state index in [1.165, 1.54) is 19.2 Å². The number of furan rings is 1. The van der Waals surface area contributed by atoms with E-state index in [9.17, 15) is 9.59 Å². The van der Waals surface area contributed by atoms with Gasteiger partial charge in [-0.25, -0.2) is 4.79 Å². The highest BCUT2D eigenvalue weighted by Gasteiger charge is 2.15. The topological polar surface area (TPSA) is 98.0 Å². The van der Waals surface area contributed by atoms with Crippen molar-refractivity contribution in [3.8, 4) is 11.5 Å². The lowest BCUT2D eigenvalue weighted by atomic mass is 10.2. The number of ether oxygens (including phenoxy) is 2. The van der Waals surface area contributed by atoms with Gasteiger partial charge < -0.3 is 24.3 Å². The van der Waals surface area contributed by atoms with Crippen LogP contribution in [0.5, 0.6) is 11.5 Å². The van der Waals surface area contributed by atoms with Gasteiger partial charge in [-0.15, -0.1) is 0 Å². The maximum atomic E-state index is 11.9. The molecule has 2 rings (SSSR count). The Balaban J connectivity index is 2.02. The van der Waals surface area contributed by atoms with E-state index in [4.69, 9.17) is 19.0 Å². The lowest BCUT2D eigenvalue weighted by Crippen LogP contribution is -2.22. The zero-order valence-electron chi connectivity index (χ0n) is 12.8. The smallest absolute Gasteiger partial charge is 0.371 e. The SMILES string of the molecule is CCOc1ccc(CNC(=O)c2ccc(C(=O)O)o2)cc1OC. The summed E-state index contributed by atoms with van der Waals surface area (Å²) in [5.41, 5.74) is 0.809. The molecule has 0 saturated carbocycles. The van der Waals surface area contributed by atoms with Gasteiger partial charge in [0.05, 0.1) is 13.7 Å². The summed E-state index contributed by atoms with van der Waals surface area (Å²) in [6.07, 6.45) is 0. The molecule has 7 heteroatoms. The average Bonchev–Trinajstić information content (AvgIpc) is 3.04. The minimum Gasteiger partial charge on any atom is -0.493 e. The van der Waals surface area contributed by atoms with Crippen LogP contribution in [0.1, 0.15) is 33.6 Å². The largest absolute Gasteiger partial charge is 0.493 e. The van der Waals surface area contributed by atoms with E-state index in [1.54, 1.807) is 18.2 Å². The molecule has 1 amide bonds. The molecule has 0 aliphatic rings. The summed E-state index contributed by atoms with van der Waals surface area (Å²) in [6, 6.07) is 7.88. The van der Waals surface area contributed by atoms with Gasteiger partial charge in [-0.05, 0) is 36.8 Å². The summed E-state index contributed by atoms with van der Waals surface area (Å²) in [6.45, 7) is 2.64. The number of methoxy groups -OCH3 is 1. The molecule has 0 aliphatic carbocycles. The highest BCUT2D eigenvalue weighted by molar-refractivity contribution is 5.93. The maximum Gasteiger partial charge on any atom is 0.371 e. The number of carbonyl (C=O) groups excluding carboxylic acids is 1. The van der Waals surface area contributed by atoms with E-state index in [2.05, 4.69) is 5.32 Å². The van der Waals surface area contributed by atoms with E-state index in [1.807, 2.05) is 6.92 Å². The number of carboxylic acids is 1. The number of rotatable bonds is 7. The predicted molar refractivity (Wildman–Crippen MR) is 81.0 cm³/mol. The normalized spacial score (nSPS) is 10.2. The summed E-state index contributed by atoms with van der Waals surface area (Å²) < 4.78 is 15.6. The van der Waals surface area contributed by atoms with Crippen LogP contribution in [0.4, 0.5) is 0 Å². The molecule has 1 aromatic heterocycles. The summed E-state index contributed by atoms with van der Waals surface area (Å²) >= 11 is 0. The Labute approximate surface area is 132 Å². The number of carboxylic acid groups (broad SMARTS) is 1. The number of aromatic carboxylic acids is 1. The molecule has 1 aromatic carbocycles. The van der Waals surface area contributed by atoms with Crippen LogP contribution < -0.4 is 14.8 Å². The van der Waals surface area contributed by atoms with Crippen molar-refractivity contribution in [2.24, 2.45) is 0 Å². The van der Waals surface area contributed by atoms with Crippen molar-refractivity contribution >= 4 is 11.9 Å². The number of hydrogen-bond donors (Lipinski definition) is 2. The number of hydrogen-bond acceptors (Lipinski definition) is 5. The van der Waals surface area contributed by atoms with Crippen molar-refractivity contribution < 1.29 is 28.6 Å². The molecule has 0 radical (unpaired) electrons. The molecule has 0 aliphatic heterocycles. The van der Waals surface area contributed by atoms with Gasteiger partial charge in [-0.3, -0.25) is 4.79 Å². The summed E-state index contributed by atoms with van der Waals surface area (Å²) in [5, 5.41) is 11.4. The van der Waals surface area contributed by atoms with Gasteiger partial charge in [0.2, 0.25) is 5.76 Å². The summed E-state index contributed by atoms with van der Waals surface area (Å²) in [4.78, 5) is 22.6. The lowest BCUT2D eigenvalue weighted by Gasteiger charge is -2.11. The molecule has 0 bridgehead atoms. The van der Waals surface area contributed by atoms with Crippen molar-refractivity contribution in [2.75, 3.05) is 13.7 Å². The van der Waals surface area contributed by atoms with Gasteiger partial charge >= 0.3 is 5.97 Å². The third-order valence-corrected chi connectivity index (χ3v) is 3.02. The van der Waals surface area contributed by atoms with Crippen LogP contribution in [0.2, 0.25) is 0 Å². The third kappa shape index (κ3) is 4.03. The number of nitrogens with one attached hydrogen (secondary N) is 1. The zero-order chi connectivity index (χ0) is 16.8. The van der Waals surface area contributed by atoms with Gasteiger partial charge in [-0.1, -0.05) is 6.07 Å². The molecule has 1 heterocycles. The van der Waals surface area contributed by atoms with Crippen molar-refractivity contribution in [1.82, 2.24) is 5.32 Å². The minimum atomic E-state index is -1.22. The average molecular weight is 319 g/mol. The Morgan fingerprint density at radius 3 is 2.52 bits per heavy atom. The first-order valence-electron chi connectivity index (χ1n) is 6.96. The van der Waals surface area contributed by atoms with Crippen molar-refractivity contribution in [1.29, 1.82) is 0 Å². The summed E-state index contributed by atoms with van der Waals surface area (Å²) in [5.74, 6) is -0.851. The maximum absolute atomic E-state index is 11.9. The van der Waals surface area contributed by atoms with E-state index in [0.29, 0.717) is 18.1 Å². The molecule has 0 atom stereocenters. The van der Waals surface area contributed by atoms with Crippen LogP contribution in [0.25, 0.3) is 0 Å². The van der Waals surface area contributed by atoms with Crippen LogP contribution in [-0.4, -0.2) is 30.7 Å². The van der Waals surface area contributed by atoms with Crippen molar-refractivity contribution in [2.45, 2.75) is 13.5 Å². The van der Waals surface area contributed by atoms with Gasteiger partial charge in [0.1, 0.15) is 0 Å². The fraction of sp³-hybridized carbons (Fsp3) is 0.250. The zero-order valence-corrected chi connectivity index (χ0v) is 12.8. The van der Waals surface area contributed by atoms with Gasteiger partial charge in [0, 0.05) is 6.54 Å². The predicted octanol–water partition coefficient (Wildman–Crippen LogP) is 2.32. The van der Waals surface area contributed by atoms with E-state index in [0.717, 1.165) is 5.56 Å². The minimum absolute atomic E-state index is 0.0553. The third-order valence-electron chi connectivity index (χ3n) is 3.02. The summed E-state index contributed by atoms with van der Waals surface area (Å²) in [7, 11) is 1.54. The Kier molecular flexibility index (Phi) is 5.24. The molecule has 0 saturated heterocycles. The van der Waals surface area contributed by atoms with Crippen LogP contribution in [0.3, 0.4) is 0 Å². The molecular weight excluding hydrogens is 302 g/mol. The molecule has 2 aromatic rings. The lowest BCUT2D eigenvalue weighted by molar-refractivity contribution is 0.0659. The second kappa shape index (κ2) is 7.35. The van der Waals surface area contributed by atoms with E-state index >= 15 is 0 Å². The van der Waals surface area contributed by atoms with Crippen LogP contribution in [-0.2, 0) is 6.54 Å². The molecule has 0 fully saturated rings. The van der Waals surface area contributed by atoms with Crippen LogP contribution >= 0.6 is 0 Å². The second-order valence-corrected chi connectivity index (χ2v) is 4.57. The fourth-order valence-corrected chi connectivity index (χ4v) is 1.94. The van der Waals surface area contributed by atoms with Crippen LogP contribution in [0.15, 0.2) is 34.7 Å². The van der Waals surface area contributed by atoms with Crippen molar-refractivity contribution in [3.63, 3.8) is 0 Å². The van der Waals surface area contributed by atoms with Crippen molar-refractivity contribution in [3.05, 3.63) is 47.4 Å². The second-order valence-electron chi connectivity index (χ2n) is 4.57. The fourth-order valence-electron chi connectivity index (χ4n) is 1.94.